The van der Waals surface area contributed by atoms with E-state index < -0.39 is 12.0 Å². The zero-order valence-electron chi connectivity index (χ0n) is 23.0. The molecule has 10 heteroatoms. The number of hydrogen-bond donors (Lipinski definition) is 2. The Morgan fingerprint density at radius 2 is 1.95 bits per heavy atom. The van der Waals surface area contributed by atoms with Gasteiger partial charge in [0.1, 0.15) is 30.2 Å². The number of aromatic hydroxyl groups is 1. The molecule has 2 aromatic carbocycles. The smallest absolute Gasteiger partial charge is 0.321 e. The van der Waals surface area contributed by atoms with Crippen LogP contribution in [-0.4, -0.2) is 81.5 Å². The number of nitrogens with one attached hydrogen (secondary N) is 1. The zero-order valence-corrected chi connectivity index (χ0v) is 23.0. The van der Waals surface area contributed by atoms with Crippen LogP contribution in [0, 0.1) is 18.2 Å². The molecular weight excluding hydrogens is 526 g/mol. The number of fused-ring (bicyclic) bond motifs is 4. The van der Waals surface area contributed by atoms with Gasteiger partial charge in [-0.05, 0) is 67.8 Å². The number of phenols is 1. The van der Waals surface area contributed by atoms with Gasteiger partial charge in [-0.1, -0.05) is 12.0 Å². The van der Waals surface area contributed by atoms with E-state index in [9.17, 15) is 13.9 Å². The summed E-state index contributed by atoms with van der Waals surface area (Å²) in [5.74, 6) is 3.21. The predicted octanol–water partition coefficient (Wildman–Crippen LogP) is 3.53. The number of anilines is 1. The number of terminal acetylenes is 1. The molecule has 0 saturated carbocycles. The lowest BCUT2D eigenvalue weighted by Gasteiger charge is -2.33. The van der Waals surface area contributed by atoms with Crippen LogP contribution < -0.4 is 15.0 Å². The topological polar surface area (TPSA) is 86.6 Å². The van der Waals surface area contributed by atoms with Gasteiger partial charge in [-0.3, -0.25) is 4.90 Å². The Labute approximate surface area is 238 Å². The maximum atomic E-state index is 14.6. The Bertz CT molecular complexity index is 1520. The Kier molecular flexibility index (Phi) is 6.67. The maximum Gasteiger partial charge on any atom is 0.321 e. The van der Waals surface area contributed by atoms with Crippen LogP contribution in [0.3, 0.4) is 0 Å². The van der Waals surface area contributed by atoms with Crippen molar-refractivity contribution < 1.29 is 18.6 Å². The number of hydrogen-bond acceptors (Lipinski definition) is 8. The summed E-state index contributed by atoms with van der Waals surface area (Å²) in [4.78, 5) is 18.6. The minimum atomic E-state index is -0.838. The molecule has 4 fully saturated rings. The van der Waals surface area contributed by atoms with Gasteiger partial charge in [-0.25, -0.2) is 8.78 Å². The molecule has 4 aliphatic heterocycles. The summed E-state index contributed by atoms with van der Waals surface area (Å²) < 4.78 is 35.2. The molecule has 2 N–H and O–H groups in total. The van der Waals surface area contributed by atoms with Gasteiger partial charge >= 0.3 is 6.01 Å². The van der Waals surface area contributed by atoms with Gasteiger partial charge in [0.05, 0.1) is 11.1 Å². The van der Waals surface area contributed by atoms with Gasteiger partial charge in [-0.15, -0.1) is 6.42 Å². The number of halogens is 2. The molecule has 7 rings (SSSR count). The van der Waals surface area contributed by atoms with Gasteiger partial charge < -0.3 is 20.1 Å². The second kappa shape index (κ2) is 10.4. The largest absolute Gasteiger partial charge is 0.508 e. The number of aromatic nitrogens is 3. The van der Waals surface area contributed by atoms with Gasteiger partial charge in [-0.2, -0.15) is 15.0 Å². The van der Waals surface area contributed by atoms with Gasteiger partial charge in [0.25, 0.3) is 0 Å². The highest BCUT2D eigenvalue weighted by Gasteiger charge is 2.49. The fraction of sp³-hybridized carbons (Fsp3) is 0.516. The van der Waals surface area contributed by atoms with Crippen LogP contribution in [0.5, 0.6) is 11.8 Å². The van der Waals surface area contributed by atoms with E-state index in [-0.39, 0.29) is 22.9 Å². The molecule has 0 amide bonds. The number of piperazine rings is 1. The molecule has 1 aromatic heterocycles. The van der Waals surface area contributed by atoms with E-state index in [1.807, 2.05) is 0 Å². The summed E-state index contributed by atoms with van der Waals surface area (Å²) in [5.41, 5.74) is 0.589. The van der Waals surface area contributed by atoms with Gasteiger partial charge in [0, 0.05) is 49.9 Å². The van der Waals surface area contributed by atoms with E-state index in [0.717, 1.165) is 50.9 Å². The first kappa shape index (κ1) is 26.4. The molecule has 214 valence electrons. The van der Waals surface area contributed by atoms with Crippen molar-refractivity contribution in [1.82, 2.24) is 25.2 Å². The lowest BCUT2D eigenvalue weighted by atomic mass is 9.95. The average molecular weight is 561 g/mol. The van der Waals surface area contributed by atoms with Crippen molar-refractivity contribution in [2.45, 2.75) is 68.7 Å². The molecule has 3 unspecified atom stereocenters. The highest BCUT2D eigenvalue weighted by Crippen LogP contribution is 2.40. The van der Waals surface area contributed by atoms with Crippen LogP contribution in [0.2, 0.25) is 0 Å². The first-order chi connectivity index (χ1) is 19.9. The fourth-order valence-corrected chi connectivity index (χ4v) is 7.41. The van der Waals surface area contributed by atoms with E-state index in [0.29, 0.717) is 67.0 Å². The number of aryl methyl sites for hydroxylation is 2. The minimum absolute atomic E-state index is 0.0850. The molecule has 4 saturated heterocycles. The SMILES string of the molecule is C#Cc1c(F)ccc2cc(O)cc(CCc3nc(OC[C@@]45CCCN4CC(F)C5)nc(N4CC5CCC(C4)N5)n3)c12. The Hall–Kier alpha value is -3.55. The third-order valence-corrected chi connectivity index (χ3v) is 9.28. The van der Waals surface area contributed by atoms with Crippen molar-refractivity contribution in [1.29, 1.82) is 0 Å². The maximum absolute atomic E-state index is 14.6. The summed E-state index contributed by atoms with van der Waals surface area (Å²) in [6.45, 7) is 3.30. The highest BCUT2D eigenvalue weighted by molar-refractivity contribution is 5.92. The van der Waals surface area contributed by atoms with Crippen LogP contribution in [0.4, 0.5) is 14.7 Å². The first-order valence-corrected chi connectivity index (χ1v) is 14.6. The summed E-state index contributed by atoms with van der Waals surface area (Å²) in [6, 6.07) is 7.20. The van der Waals surface area contributed by atoms with Crippen molar-refractivity contribution in [3.05, 3.63) is 47.0 Å². The molecule has 8 nitrogen and oxygen atoms in total. The molecule has 0 radical (unpaired) electrons. The highest BCUT2D eigenvalue weighted by atomic mass is 19.1. The Morgan fingerprint density at radius 1 is 1.12 bits per heavy atom. The average Bonchev–Trinajstić information content (AvgIpc) is 3.61. The van der Waals surface area contributed by atoms with Gasteiger partial charge in [0.15, 0.2) is 0 Å². The summed E-state index contributed by atoms with van der Waals surface area (Å²) in [7, 11) is 0. The van der Waals surface area contributed by atoms with Crippen molar-refractivity contribution in [2.24, 2.45) is 0 Å². The Morgan fingerprint density at radius 3 is 2.76 bits per heavy atom. The van der Waals surface area contributed by atoms with E-state index >= 15 is 0 Å². The molecule has 0 aliphatic carbocycles. The van der Waals surface area contributed by atoms with Crippen molar-refractivity contribution in [2.75, 3.05) is 37.7 Å². The molecule has 2 bridgehead atoms. The molecule has 0 spiro atoms. The molecule has 4 atom stereocenters. The number of nitrogens with zero attached hydrogens (tertiary/aromatic N) is 5. The van der Waals surface area contributed by atoms with Crippen molar-refractivity contribution in [3.63, 3.8) is 0 Å². The molecule has 41 heavy (non-hydrogen) atoms. The third kappa shape index (κ3) is 4.95. The van der Waals surface area contributed by atoms with Crippen molar-refractivity contribution >= 4 is 16.7 Å². The number of rotatable bonds is 7. The molecule has 3 aromatic rings. The standard InChI is InChI=1S/C31H34F2N6O2/c1-2-25-26(33)8-4-19-12-24(40)13-20(28(19)25)5-9-27-35-29(38-16-22-6-7-23(17-38)34-22)37-30(36-27)41-18-31-10-3-11-39(31)15-21(32)14-31/h1,4,8,12-13,21-23,34,40H,3,5-7,9-11,14-18H2/t21?,22?,23?,31-/m0/s1. The van der Waals surface area contributed by atoms with Crippen LogP contribution in [0.15, 0.2) is 24.3 Å². The fourth-order valence-electron chi connectivity index (χ4n) is 7.41. The molecule has 5 heterocycles. The quantitative estimate of drug-likeness (QED) is 0.425. The third-order valence-electron chi connectivity index (χ3n) is 9.28. The van der Waals surface area contributed by atoms with Crippen LogP contribution in [0.1, 0.15) is 49.1 Å². The molecule has 4 aliphatic rings. The van der Waals surface area contributed by atoms with Crippen LogP contribution in [0.25, 0.3) is 10.8 Å². The zero-order chi connectivity index (χ0) is 28.1. The number of benzene rings is 2. The predicted molar refractivity (Wildman–Crippen MR) is 151 cm³/mol. The number of alkyl halides is 1. The van der Waals surface area contributed by atoms with E-state index in [2.05, 4.69) is 26.0 Å². The second-order valence-corrected chi connectivity index (χ2v) is 12.0. The van der Waals surface area contributed by atoms with E-state index in [1.165, 1.54) is 6.07 Å². The lowest BCUT2D eigenvalue weighted by molar-refractivity contribution is 0.107. The monoisotopic (exact) mass is 560 g/mol. The normalized spacial score (nSPS) is 27.3. The second-order valence-electron chi connectivity index (χ2n) is 12.0. The van der Waals surface area contributed by atoms with Gasteiger partial charge in [0.2, 0.25) is 5.95 Å². The summed E-state index contributed by atoms with van der Waals surface area (Å²) in [5, 5.41) is 15.3. The van der Waals surface area contributed by atoms with E-state index in [4.69, 9.17) is 21.1 Å². The number of phenolic OH excluding ortho intramolecular Hbond substituents is 1. The van der Waals surface area contributed by atoms with E-state index in [1.54, 1.807) is 18.2 Å². The van der Waals surface area contributed by atoms with Crippen LogP contribution in [-0.2, 0) is 12.8 Å². The lowest BCUT2D eigenvalue weighted by Crippen LogP contribution is -2.51. The summed E-state index contributed by atoms with van der Waals surface area (Å²) in [6.07, 6.45) is 10.3. The summed E-state index contributed by atoms with van der Waals surface area (Å²) >= 11 is 0. The first-order valence-electron chi connectivity index (χ1n) is 14.6. The Balaban J connectivity index is 1.19. The number of ether oxygens (including phenoxy) is 1. The van der Waals surface area contributed by atoms with Crippen LogP contribution >= 0.6 is 0 Å². The minimum Gasteiger partial charge on any atom is -0.508 e. The molecular formula is C31H34F2N6O2. The van der Waals surface area contributed by atoms with Crippen molar-refractivity contribution in [3.8, 4) is 24.1 Å².